The van der Waals surface area contributed by atoms with E-state index in [-0.39, 0.29) is 35.7 Å². The summed E-state index contributed by atoms with van der Waals surface area (Å²) >= 11 is 0. The SMILES string of the molecule is CCCCCCCCCCCCCC(O)CCCCC(CCCCC)S(=O)(=O)[O-].[Na+]. The maximum Gasteiger partial charge on any atom is 1.00 e. The van der Waals surface area contributed by atoms with Crippen LogP contribution in [0.1, 0.15) is 142 Å². The zero-order chi connectivity index (χ0) is 21.8. The van der Waals surface area contributed by atoms with Crippen LogP contribution in [0.15, 0.2) is 0 Å². The van der Waals surface area contributed by atoms with Crippen molar-refractivity contribution in [2.45, 2.75) is 154 Å². The van der Waals surface area contributed by atoms with Crippen LogP contribution in [0.25, 0.3) is 0 Å². The summed E-state index contributed by atoms with van der Waals surface area (Å²) in [5, 5.41) is 9.37. The number of aliphatic hydroxyl groups excluding tert-OH is 1. The van der Waals surface area contributed by atoms with Crippen LogP contribution < -0.4 is 29.6 Å². The Morgan fingerprint density at radius 3 is 1.33 bits per heavy atom. The van der Waals surface area contributed by atoms with E-state index in [2.05, 4.69) is 13.8 Å². The van der Waals surface area contributed by atoms with Gasteiger partial charge in [-0.3, -0.25) is 0 Å². The van der Waals surface area contributed by atoms with Crippen molar-refractivity contribution in [3.05, 3.63) is 0 Å². The fourth-order valence-corrected chi connectivity index (χ4v) is 4.91. The van der Waals surface area contributed by atoms with Crippen LogP contribution in [0.5, 0.6) is 0 Å². The standard InChI is InChI=1S/C24H50O4S.Na/c1-3-5-7-8-9-10-11-12-13-14-16-19-23(25)20-17-18-22-24(29(26,27)28)21-15-6-4-2;/h23-25H,3-22H2,1-2H3,(H,26,27,28);/q;+1/p-1. The quantitative estimate of drug-likeness (QED) is 0.151. The van der Waals surface area contributed by atoms with E-state index < -0.39 is 15.4 Å². The third-order valence-corrected chi connectivity index (χ3v) is 7.28. The van der Waals surface area contributed by atoms with E-state index in [1.165, 1.54) is 64.2 Å². The molecule has 176 valence electrons. The van der Waals surface area contributed by atoms with E-state index in [0.29, 0.717) is 19.3 Å². The van der Waals surface area contributed by atoms with Gasteiger partial charge < -0.3 is 9.66 Å². The zero-order valence-corrected chi connectivity index (χ0v) is 23.2. The average Bonchev–Trinajstić information content (AvgIpc) is 2.67. The van der Waals surface area contributed by atoms with Crippen LogP contribution in [0.4, 0.5) is 0 Å². The molecule has 0 saturated carbocycles. The Morgan fingerprint density at radius 1 is 0.600 bits per heavy atom. The zero-order valence-electron chi connectivity index (χ0n) is 20.4. The molecule has 0 saturated heterocycles. The van der Waals surface area contributed by atoms with Gasteiger partial charge in [0.15, 0.2) is 0 Å². The number of hydrogen-bond donors (Lipinski definition) is 1. The molecule has 0 aliphatic rings. The monoisotopic (exact) mass is 456 g/mol. The number of unbranched alkanes of at least 4 members (excludes halogenated alkanes) is 13. The molecular weight excluding hydrogens is 407 g/mol. The van der Waals surface area contributed by atoms with E-state index in [4.69, 9.17) is 0 Å². The average molecular weight is 457 g/mol. The van der Waals surface area contributed by atoms with Crippen molar-refractivity contribution >= 4 is 10.1 Å². The van der Waals surface area contributed by atoms with Gasteiger partial charge >= 0.3 is 29.6 Å². The first-order valence-corrected chi connectivity index (χ1v) is 14.0. The molecule has 0 heterocycles. The molecule has 1 N–H and O–H groups in total. The first-order chi connectivity index (χ1) is 13.9. The fraction of sp³-hybridized carbons (Fsp3) is 1.00. The molecular formula is C24H49NaO4S. The molecule has 6 heteroatoms. The van der Waals surface area contributed by atoms with Crippen LogP contribution in [0.2, 0.25) is 0 Å². The molecule has 0 bridgehead atoms. The van der Waals surface area contributed by atoms with Gasteiger partial charge in [0, 0.05) is 5.25 Å². The largest absolute Gasteiger partial charge is 1.00 e. The molecule has 2 unspecified atom stereocenters. The Morgan fingerprint density at radius 2 is 0.900 bits per heavy atom. The molecule has 0 fully saturated rings. The topological polar surface area (TPSA) is 77.4 Å². The summed E-state index contributed by atoms with van der Waals surface area (Å²) in [6, 6.07) is 0. The smallest absolute Gasteiger partial charge is 0.748 e. The number of rotatable bonds is 22. The van der Waals surface area contributed by atoms with E-state index in [1.807, 2.05) is 0 Å². The van der Waals surface area contributed by atoms with Gasteiger partial charge in [0.1, 0.15) is 0 Å². The van der Waals surface area contributed by atoms with Crippen LogP contribution in [0, 0.1) is 0 Å². The second-order valence-corrected chi connectivity index (χ2v) is 10.5. The van der Waals surface area contributed by atoms with Crippen molar-refractivity contribution in [3.63, 3.8) is 0 Å². The van der Waals surface area contributed by atoms with Gasteiger partial charge in [-0.25, -0.2) is 8.42 Å². The Labute approximate surface area is 210 Å². The summed E-state index contributed by atoms with van der Waals surface area (Å²) in [6.45, 7) is 4.32. The maximum absolute atomic E-state index is 11.4. The summed E-state index contributed by atoms with van der Waals surface area (Å²) in [5.41, 5.74) is 0. The first-order valence-electron chi connectivity index (χ1n) is 12.5. The van der Waals surface area contributed by atoms with E-state index in [1.54, 1.807) is 0 Å². The minimum atomic E-state index is -4.19. The Bertz CT molecular complexity index is 442. The summed E-state index contributed by atoms with van der Waals surface area (Å²) in [5.74, 6) is 0. The van der Waals surface area contributed by atoms with E-state index in [0.717, 1.165) is 44.9 Å². The number of hydrogen-bond acceptors (Lipinski definition) is 4. The third kappa shape index (κ3) is 22.1. The summed E-state index contributed by atoms with van der Waals surface area (Å²) in [7, 11) is -4.19. The first kappa shape index (κ1) is 33.0. The minimum Gasteiger partial charge on any atom is -0.748 e. The molecule has 0 aromatic heterocycles. The van der Waals surface area contributed by atoms with Gasteiger partial charge in [-0.15, -0.1) is 0 Å². The summed E-state index contributed by atoms with van der Waals surface area (Å²) in [6.07, 6.45) is 21.0. The maximum atomic E-state index is 11.4. The van der Waals surface area contributed by atoms with Crippen LogP contribution in [-0.2, 0) is 10.1 Å². The molecule has 0 aliphatic carbocycles. The predicted octanol–water partition coefficient (Wildman–Crippen LogP) is 4.11. The molecule has 30 heavy (non-hydrogen) atoms. The van der Waals surface area contributed by atoms with Gasteiger partial charge in [0.25, 0.3) is 0 Å². The van der Waals surface area contributed by atoms with Crippen LogP contribution >= 0.6 is 0 Å². The van der Waals surface area contributed by atoms with Crippen LogP contribution in [-0.4, -0.2) is 29.4 Å². The van der Waals surface area contributed by atoms with Crippen molar-refractivity contribution in [1.82, 2.24) is 0 Å². The second-order valence-electron chi connectivity index (χ2n) is 8.87. The van der Waals surface area contributed by atoms with Gasteiger partial charge in [-0.2, -0.15) is 0 Å². The third-order valence-electron chi connectivity index (χ3n) is 5.99. The normalized spacial score (nSPS) is 13.7. The van der Waals surface area contributed by atoms with E-state index in [9.17, 15) is 18.1 Å². The summed E-state index contributed by atoms with van der Waals surface area (Å²) in [4.78, 5) is 0. The molecule has 0 aromatic carbocycles. The molecule has 2 atom stereocenters. The predicted molar refractivity (Wildman–Crippen MR) is 123 cm³/mol. The molecule has 0 aliphatic heterocycles. The van der Waals surface area contributed by atoms with Crippen molar-refractivity contribution in [1.29, 1.82) is 0 Å². The molecule has 0 rings (SSSR count). The molecule has 0 amide bonds. The fourth-order valence-electron chi connectivity index (χ4n) is 4.00. The summed E-state index contributed by atoms with van der Waals surface area (Å²) < 4.78 is 34.1. The Balaban J connectivity index is 0. The van der Waals surface area contributed by atoms with Crippen LogP contribution in [0.3, 0.4) is 0 Å². The van der Waals surface area contributed by atoms with Gasteiger partial charge in [-0.1, -0.05) is 117 Å². The van der Waals surface area contributed by atoms with Gasteiger partial charge in [0.05, 0.1) is 16.2 Å². The Kier molecular flexibility index (Phi) is 25.4. The molecule has 0 spiro atoms. The molecule has 0 aromatic rings. The van der Waals surface area contributed by atoms with Crippen molar-refractivity contribution in [3.8, 4) is 0 Å². The van der Waals surface area contributed by atoms with Crippen molar-refractivity contribution < 1.29 is 47.6 Å². The minimum absolute atomic E-state index is 0. The van der Waals surface area contributed by atoms with Crippen molar-refractivity contribution in [2.75, 3.05) is 0 Å². The molecule has 4 nitrogen and oxygen atoms in total. The molecule has 0 radical (unpaired) electrons. The Hall–Kier alpha value is 0.870. The number of aliphatic hydroxyl groups is 1. The van der Waals surface area contributed by atoms with Gasteiger partial charge in [0.2, 0.25) is 0 Å². The van der Waals surface area contributed by atoms with Gasteiger partial charge in [-0.05, 0) is 25.7 Å². The second kappa shape index (κ2) is 23.0. The van der Waals surface area contributed by atoms with Crippen molar-refractivity contribution in [2.24, 2.45) is 0 Å². The van der Waals surface area contributed by atoms with E-state index >= 15 is 0 Å².